The normalized spacial score (nSPS) is 11.2. The number of fused-ring (bicyclic) bond motifs is 1. The Labute approximate surface area is 146 Å². The summed E-state index contributed by atoms with van der Waals surface area (Å²) in [6.07, 6.45) is -0.318. The fourth-order valence-corrected chi connectivity index (χ4v) is 2.54. The molecule has 3 rings (SSSR count). The molecule has 0 saturated heterocycles. The van der Waals surface area contributed by atoms with Crippen molar-refractivity contribution in [2.24, 2.45) is 0 Å². The van der Waals surface area contributed by atoms with Crippen LogP contribution in [0.3, 0.4) is 0 Å². The maximum atomic E-state index is 12.4. The largest absolute Gasteiger partial charge is 0.508 e. The maximum Gasteiger partial charge on any atom is 0.238 e. The first-order chi connectivity index (χ1) is 12.2. The molecule has 8 nitrogen and oxygen atoms in total. The predicted octanol–water partition coefficient (Wildman–Crippen LogP) is 2.78. The van der Waals surface area contributed by atoms with Gasteiger partial charge < -0.3 is 34.7 Å². The van der Waals surface area contributed by atoms with Gasteiger partial charge in [0, 0.05) is 17.7 Å². The predicted molar refractivity (Wildman–Crippen MR) is 92.0 cm³/mol. The van der Waals surface area contributed by atoms with Gasteiger partial charge in [-0.3, -0.25) is 4.79 Å². The Hall–Kier alpha value is -3.55. The van der Waals surface area contributed by atoms with E-state index in [1.54, 1.807) is 13.8 Å². The summed E-state index contributed by atoms with van der Waals surface area (Å²) in [7, 11) is 0. The van der Waals surface area contributed by atoms with E-state index in [9.17, 15) is 30.3 Å². The second-order valence-electron chi connectivity index (χ2n) is 5.96. The quantitative estimate of drug-likeness (QED) is 0.449. The number of hydrogen-bond acceptors (Lipinski definition) is 8. The van der Waals surface area contributed by atoms with Crippen molar-refractivity contribution in [2.45, 2.75) is 20.0 Å². The lowest BCUT2D eigenvalue weighted by atomic mass is 10.1. The second-order valence-corrected chi connectivity index (χ2v) is 5.96. The summed E-state index contributed by atoms with van der Waals surface area (Å²) in [5.74, 6) is -3.13. The Morgan fingerprint density at radius 3 is 2.27 bits per heavy atom. The molecule has 0 aliphatic carbocycles. The van der Waals surface area contributed by atoms with Crippen molar-refractivity contribution in [3.8, 4) is 45.8 Å². The van der Waals surface area contributed by atoms with E-state index in [-0.39, 0.29) is 39.9 Å². The van der Waals surface area contributed by atoms with E-state index >= 15 is 0 Å². The van der Waals surface area contributed by atoms with Crippen molar-refractivity contribution in [3.63, 3.8) is 0 Å². The van der Waals surface area contributed by atoms with Crippen LogP contribution in [0.2, 0.25) is 0 Å². The molecule has 5 N–H and O–H groups in total. The Bertz CT molecular complexity index is 1070. The van der Waals surface area contributed by atoms with E-state index in [1.165, 1.54) is 6.07 Å². The Morgan fingerprint density at radius 1 is 0.923 bits per heavy atom. The van der Waals surface area contributed by atoms with Gasteiger partial charge in [-0.2, -0.15) is 0 Å². The third kappa shape index (κ3) is 2.81. The summed E-state index contributed by atoms with van der Waals surface area (Å²) in [5.41, 5.74) is -1.04. The zero-order valence-electron chi connectivity index (χ0n) is 13.8. The van der Waals surface area contributed by atoms with Crippen molar-refractivity contribution < 1.29 is 34.7 Å². The zero-order chi connectivity index (χ0) is 19.2. The van der Waals surface area contributed by atoms with Gasteiger partial charge in [-0.25, -0.2) is 0 Å². The summed E-state index contributed by atoms with van der Waals surface area (Å²) < 4.78 is 10.9. The third-order valence-corrected chi connectivity index (χ3v) is 3.62. The zero-order valence-corrected chi connectivity index (χ0v) is 13.8. The number of ether oxygens (including phenoxy) is 1. The fourth-order valence-electron chi connectivity index (χ4n) is 2.54. The van der Waals surface area contributed by atoms with E-state index in [0.717, 1.165) is 18.2 Å². The van der Waals surface area contributed by atoms with Crippen LogP contribution in [0.15, 0.2) is 33.5 Å². The molecule has 136 valence electrons. The molecule has 26 heavy (non-hydrogen) atoms. The Kier molecular flexibility index (Phi) is 4.03. The van der Waals surface area contributed by atoms with Crippen LogP contribution < -0.4 is 10.2 Å². The lowest BCUT2D eigenvalue weighted by Gasteiger charge is -2.14. The molecule has 0 spiro atoms. The SMILES string of the molecule is CC(C)Oc1cc(-c2oc3cc(O)cc(O)c3c(=O)c2O)cc(O)c1O. The number of aromatic hydroxyl groups is 5. The van der Waals surface area contributed by atoms with Crippen LogP contribution in [0.1, 0.15) is 13.8 Å². The van der Waals surface area contributed by atoms with E-state index in [2.05, 4.69) is 0 Å². The van der Waals surface area contributed by atoms with Crippen LogP contribution >= 0.6 is 0 Å². The van der Waals surface area contributed by atoms with Crippen LogP contribution in [0, 0.1) is 0 Å². The van der Waals surface area contributed by atoms with E-state index in [4.69, 9.17) is 9.15 Å². The molecule has 0 saturated carbocycles. The molecule has 1 aromatic heterocycles. The van der Waals surface area contributed by atoms with Crippen LogP contribution in [-0.4, -0.2) is 31.6 Å². The summed E-state index contributed by atoms with van der Waals surface area (Å²) in [5, 5.41) is 49.1. The van der Waals surface area contributed by atoms with Gasteiger partial charge >= 0.3 is 0 Å². The van der Waals surface area contributed by atoms with Crippen molar-refractivity contribution in [1.29, 1.82) is 0 Å². The Morgan fingerprint density at radius 2 is 1.62 bits per heavy atom. The minimum absolute atomic E-state index is 0.0512. The monoisotopic (exact) mass is 360 g/mol. The molecule has 0 amide bonds. The molecule has 0 radical (unpaired) electrons. The first kappa shape index (κ1) is 17.3. The van der Waals surface area contributed by atoms with Gasteiger partial charge in [-0.1, -0.05) is 0 Å². The highest BCUT2D eigenvalue weighted by molar-refractivity contribution is 5.88. The van der Waals surface area contributed by atoms with Crippen molar-refractivity contribution in [2.75, 3.05) is 0 Å². The summed E-state index contributed by atoms with van der Waals surface area (Å²) in [6.45, 7) is 3.42. The van der Waals surface area contributed by atoms with Gasteiger partial charge in [-0.05, 0) is 26.0 Å². The lowest BCUT2D eigenvalue weighted by molar-refractivity contribution is 0.229. The number of rotatable bonds is 3. The molecule has 2 aromatic carbocycles. The van der Waals surface area contributed by atoms with Crippen LogP contribution in [0.4, 0.5) is 0 Å². The summed E-state index contributed by atoms with van der Waals surface area (Å²) >= 11 is 0. The highest BCUT2D eigenvalue weighted by Gasteiger charge is 2.21. The molecular formula is C18H16O8. The van der Waals surface area contributed by atoms with Crippen LogP contribution in [0.25, 0.3) is 22.3 Å². The standard InChI is InChI=1S/C18H16O8/c1-7(2)25-13-4-8(3-11(21)15(13)22)18-17(24)16(23)14-10(20)5-9(19)6-12(14)26-18/h3-7,19-22,24H,1-2H3. The highest BCUT2D eigenvalue weighted by Crippen LogP contribution is 2.43. The third-order valence-electron chi connectivity index (χ3n) is 3.62. The minimum atomic E-state index is -0.919. The van der Waals surface area contributed by atoms with Crippen molar-refractivity contribution >= 4 is 11.0 Å². The molecule has 0 aliphatic rings. The lowest BCUT2D eigenvalue weighted by Crippen LogP contribution is -2.06. The smallest absolute Gasteiger partial charge is 0.238 e. The molecular weight excluding hydrogens is 344 g/mol. The summed E-state index contributed by atoms with van der Waals surface area (Å²) in [4.78, 5) is 12.4. The number of phenols is 4. The molecule has 0 unspecified atom stereocenters. The van der Waals surface area contributed by atoms with E-state index < -0.39 is 28.4 Å². The van der Waals surface area contributed by atoms with Gasteiger partial charge in [0.25, 0.3) is 0 Å². The number of benzene rings is 2. The molecule has 0 fully saturated rings. The van der Waals surface area contributed by atoms with Crippen LogP contribution in [-0.2, 0) is 0 Å². The molecule has 1 heterocycles. The summed E-state index contributed by atoms with van der Waals surface area (Å²) in [6, 6.07) is 4.40. The average Bonchev–Trinajstić information content (AvgIpc) is 2.53. The Balaban J connectivity index is 2.31. The molecule has 3 aromatic rings. The van der Waals surface area contributed by atoms with Gasteiger partial charge in [0.2, 0.25) is 16.9 Å². The van der Waals surface area contributed by atoms with Gasteiger partial charge in [0.1, 0.15) is 22.5 Å². The highest BCUT2D eigenvalue weighted by atomic mass is 16.5. The molecule has 0 bridgehead atoms. The first-order valence-corrected chi connectivity index (χ1v) is 7.63. The average molecular weight is 360 g/mol. The maximum absolute atomic E-state index is 12.4. The topological polar surface area (TPSA) is 141 Å². The molecule has 8 heteroatoms. The first-order valence-electron chi connectivity index (χ1n) is 7.63. The van der Waals surface area contributed by atoms with Crippen molar-refractivity contribution in [3.05, 3.63) is 34.5 Å². The number of hydrogen-bond donors (Lipinski definition) is 5. The van der Waals surface area contributed by atoms with E-state index in [1.807, 2.05) is 0 Å². The van der Waals surface area contributed by atoms with Crippen molar-refractivity contribution in [1.82, 2.24) is 0 Å². The molecule has 0 aliphatic heterocycles. The van der Waals surface area contributed by atoms with Gasteiger partial charge in [0.15, 0.2) is 17.3 Å². The molecule has 0 atom stereocenters. The van der Waals surface area contributed by atoms with Gasteiger partial charge in [0.05, 0.1) is 6.10 Å². The van der Waals surface area contributed by atoms with E-state index in [0.29, 0.717) is 0 Å². The van der Waals surface area contributed by atoms with Crippen LogP contribution in [0.5, 0.6) is 34.5 Å². The second kappa shape index (κ2) is 6.07. The minimum Gasteiger partial charge on any atom is -0.508 e. The number of phenolic OH excluding ortho intramolecular Hbond substituents is 4. The van der Waals surface area contributed by atoms with Gasteiger partial charge in [-0.15, -0.1) is 0 Å². The fraction of sp³-hybridized carbons (Fsp3) is 0.167.